The van der Waals surface area contributed by atoms with Crippen molar-refractivity contribution < 1.29 is 14.3 Å². The number of carbonyl (C=O) groups is 2. The second kappa shape index (κ2) is 11.0. The Morgan fingerprint density at radius 1 is 0.972 bits per heavy atom. The zero-order valence-electron chi connectivity index (χ0n) is 22.2. The Morgan fingerprint density at radius 2 is 1.58 bits per heavy atom. The van der Waals surface area contributed by atoms with Crippen molar-refractivity contribution in [1.29, 1.82) is 0 Å². The van der Waals surface area contributed by atoms with Gasteiger partial charge in [-0.1, -0.05) is 60.7 Å². The topological polar surface area (TPSA) is 61.9 Å². The van der Waals surface area contributed by atoms with E-state index in [2.05, 4.69) is 46.6 Å². The van der Waals surface area contributed by atoms with Gasteiger partial charge < -0.3 is 19.9 Å². The van der Waals surface area contributed by atoms with Crippen LogP contribution < -0.4 is 5.32 Å². The van der Waals surface area contributed by atoms with Crippen molar-refractivity contribution >= 4 is 12.0 Å². The largest absolute Gasteiger partial charge is 0.444 e. The predicted octanol–water partition coefficient (Wildman–Crippen LogP) is 5.12. The predicted molar refractivity (Wildman–Crippen MR) is 143 cm³/mol. The third-order valence-corrected chi connectivity index (χ3v) is 7.54. The molecular weight excluding hydrogens is 450 g/mol. The summed E-state index contributed by atoms with van der Waals surface area (Å²) >= 11 is 0. The number of hydrogen-bond donors (Lipinski definition) is 1. The lowest BCUT2D eigenvalue weighted by Crippen LogP contribution is -2.58. The van der Waals surface area contributed by atoms with Gasteiger partial charge in [-0.05, 0) is 64.0 Å². The number of nitrogens with one attached hydrogen (secondary N) is 1. The molecule has 2 atom stereocenters. The number of rotatable bonds is 5. The fourth-order valence-electron chi connectivity index (χ4n) is 5.85. The fraction of sp³-hybridized carbons (Fsp3) is 0.533. The van der Waals surface area contributed by atoms with Crippen molar-refractivity contribution in [2.75, 3.05) is 19.6 Å². The Labute approximate surface area is 216 Å². The summed E-state index contributed by atoms with van der Waals surface area (Å²) in [5.74, 6) is 0.0147. The Hall–Kier alpha value is -2.86. The van der Waals surface area contributed by atoms with Gasteiger partial charge in [-0.2, -0.15) is 0 Å². The quantitative estimate of drug-likeness (QED) is 0.630. The second-order valence-corrected chi connectivity index (χ2v) is 11.4. The molecule has 2 saturated heterocycles. The van der Waals surface area contributed by atoms with Crippen LogP contribution in [0.15, 0.2) is 60.7 Å². The van der Waals surface area contributed by atoms with Crippen molar-refractivity contribution in [3.05, 3.63) is 71.8 Å². The van der Waals surface area contributed by atoms with Crippen molar-refractivity contribution in [1.82, 2.24) is 15.1 Å². The number of likely N-dealkylation sites (tertiary alicyclic amines) is 2. The third-order valence-electron chi connectivity index (χ3n) is 7.54. The van der Waals surface area contributed by atoms with Crippen LogP contribution in [0.2, 0.25) is 0 Å². The van der Waals surface area contributed by atoms with Gasteiger partial charge in [0, 0.05) is 38.6 Å². The van der Waals surface area contributed by atoms with Crippen LogP contribution in [0.3, 0.4) is 0 Å². The average molecular weight is 492 g/mol. The molecule has 0 aromatic heterocycles. The number of hydrogen-bond acceptors (Lipinski definition) is 4. The van der Waals surface area contributed by atoms with Crippen LogP contribution in [0.25, 0.3) is 0 Å². The van der Waals surface area contributed by atoms with Crippen LogP contribution in [0.1, 0.15) is 64.5 Å². The Kier molecular flexibility index (Phi) is 8.04. The van der Waals surface area contributed by atoms with Crippen LogP contribution >= 0.6 is 0 Å². The summed E-state index contributed by atoms with van der Waals surface area (Å²) in [4.78, 5) is 29.7. The van der Waals surface area contributed by atoms with Gasteiger partial charge in [0.2, 0.25) is 5.91 Å². The smallest absolute Gasteiger partial charge is 0.410 e. The van der Waals surface area contributed by atoms with E-state index in [1.165, 1.54) is 11.1 Å². The highest BCUT2D eigenvalue weighted by atomic mass is 16.6. The van der Waals surface area contributed by atoms with Gasteiger partial charge in [-0.25, -0.2) is 4.79 Å². The van der Waals surface area contributed by atoms with Crippen LogP contribution in [-0.2, 0) is 21.5 Å². The fourth-order valence-corrected chi connectivity index (χ4v) is 5.85. The van der Waals surface area contributed by atoms with Gasteiger partial charge in [0.1, 0.15) is 5.60 Å². The minimum atomic E-state index is -0.511. The molecule has 6 heteroatoms. The van der Waals surface area contributed by atoms with Gasteiger partial charge in [0.25, 0.3) is 0 Å². The first-order valence-electron chi connectivity index (χ1n) is 13.3. The molecule has 194 valence electrons. The van der Waals surface area contributed by atoms with E-state index in [1.54, 1.807) is 6.92 Å². The SMILES string of the molecule is CC(=O)NC1(c2ccccc2)CCN(C2CCN(C(=O)OC(C)(C)C)C(Cc3ccccc3)C2)CC1. The van der Waals surface area contributed by atoms with E-state index in [1.807, 2.05) is 49.9 Å². The highest BCUT2D eigenvalue weighted by molar-refractivity contribution is 5.74. The summed E-state index contributed by atoms with van der Waals surface area (Å²) in [6.07, 6.45) is 4.23. The molecule has 2 unspecified atom stereocenters. The molecule has 1 N–H and O–H groups in total. The first-order valence-corrected chi connectivity index (χ1v) is 13.3. The van der Waals surface area contributed by atoms with Gasteiger partial charge >= 0.3 is 6.09 Å². The van der Waals surface area contributed by atoms with E-state index in [-0.39, 0.29) is 23.6 Å². The minimum absolute atomic E-state index is 0.0147. The molecule has 2 aliphatic heterocycles. The molecule has 0 spiro atoms. The monoisotopic (exact) mass is 491 g/mol. The molecule has 2 aromatic carbocycles. The normalized spacial score (nSPS) is 22.6. The first-order chi connectivity index (χ1) is 17.2. The number of amides is 2. The Morgan fingerprint density at radius 3 is 2.17 bits per heavy atom. The molecule has 2 aliphatic rings. The summed E-state index contributed by atoms with van der Waals surface area (Å²) in [6.45, 7) is 9.92. The third kappa shape index (κ3) is 6.47. The first kappa shape index (κ1) is 26.2. The van der Waals surface area contributed by atoms with Gasteiger partial charge in [0.15, 0.2) is 0 Å². The molecule has 0 radical (unpaired) electrons. The lowest BCUT2D eigenvalue weighted by molar-refractivity contribution is -0.121. The van der Waals surface area contributed by atoms with Crippen LogP contribution in [0, 0.1) is 0 Å². The lowest BCUT2D eigenvalue weighted by atomic mass is 9.79. The van der Waals surface area contributed by atoms with E-state index in [9.17, 15) is 9.59 Å². The molecular formula is C30H41N3O3. The number of carbonyl (C=O) groups excluding carboxylic acids is 2. The van der Waals surface area contributed by atoms with Crippen LogP contribution in [0.5, 0.6) is 0 Å². The average Bonchev–Trinajstić information content (AvgIpc) is 2.84. The summed E-state index contributed by atoms with van der Waals surface area (Å²) in [6, 6.07) is 21.3. The molecule has 6 nitrogen and oxygen atoms in total. The molecule has 0 bridgehead atoms. The number of nitrogens with zero attached hydrogens (tertiary/aromatic N) is 2. The molecule has 0 saturated carbocycles. The van der Waals surface area contributed by atoms with E-state index in [4.69, 9.17) is 4.74 Å². The zero-order chi connectivity index (χ0) is 25.8. The maximum atomic E-state index is 13.1. The summed E-state index contributed by atoms with van der Waals surface area (Å²) in [5.41, 5.74) is 1.60. The maximum absolute atomic E-state index is 13.1. The highest BCUT2D eigenvalue weighted by Gasteiger charge is 2.41. The molecule has 4 rings (SSSR count). The molecule has 2 amide bonds. The molecule has 2 fully saturated rings. The van der Waals surface area contributed by atoms with Crippen molar-refractivity contribution in [2.45, 2.75) is 83.0 Å². The lowest BCUT2D eigenvalue weighted by Gasteiger charge is -2.48. The van der Waals surface area contributed by atoms with E-state index < -0.39 is 5.60 Å². The minimum Gasteiger partial charge on any atom is -0.444 e. The summed E-state index contributed by atoms with van der Waals surface area (Å²) < 4.78 is 5.77. The van der Waals surface area contributed by atoms with Gasteiger partial charge in [-0.3, -0.25) is 4.79 Å². The van der Waals surface area contributed by atoms with Crippen LogP contribution in [-0.4, -0.2) is 59.1 Å². The van der Waals surface area contributed by atoms with Crippen molar-refractivity contribution in [3.8, 4) is 0 Å². The maximum Gasteiger partial charge on any atom is 0.410 e. The summed E-state index contributed by atoms with van der Waals surface area (Å²) in [5, 5.41) is 3.29. The van der Waals surface area contributed by atoms with E-state index in [0.29, 0.717) is 12.6 Å². The van der Waals surface area contributed by atoms with Crippen molar-refractivity contribution in [3.63, 3.8) is 0 Å². The van der Waals surface area contributed by atoms with Crippen molar-refractivity contribution in [2.24, 2.45) is 0 Å². The Balaban J connectivity index is 1.47. The zero-order valence-corrected chi connectivity index (χ0v) is 22.2. The molecule has 2 aromatic rings. The number of piperidine rings is 2. The van der Waals surface area contributed by atoms with E-state index in [0.717, 1.165) is 45.2 Å². The highest BCUT2D eigenvalue weighted by Crippen LogP contribution is 2.36. The number of benzene rings is 2. The van der Waals surface area contributed by atoms with Gasteiger partial charge in [0.05, 0.1) is 5.54 Å². The molecule has 0 aliphatic carbocycles. The molecule has 2 heterocycles. The van der Waals surface area contributed by atoms with E-state index >= 15 is 0 Å². The molecule has 36 heavy (non-hydrogen) atoms. The van der Waals surface area contributed by atoms with Gasteiger partial charge in [-0.15, -0.1) is 0 Å². The summed E-state index contributed by atoms with van der Waals surface area (Å²) in [7, 11) is 0. The standard InChI is InChI=1S/C30H41N3O3/c1-23(34)31-30(25-13-9-6-10-14-25)16-19-32(20-17-30)26-15-18-33(28(35)36-29(2,3)4)27(22-26)21-24-11-7-5-8-12-24/h5-14,26-27H,15-22H2,1-4H3,(H,31,34). The number of ether oxygens (including phenoxy) is 1. The second-order valence-electron chi connectivity index (χ2n) is 11.4. The van der Waals surface area contributed by atoms with Crippen LogP contribution in [0.4, 0.5) is 4.79 Å². The Bertz CT molecular complexity index is 1010.